The maximum Gasteiger partial charge on any atom is 0.219 e. The van der Waals surface area contributed by atoms with E-state index >= 15 is 0 Å². The largest absolute Gasteiger partial charge is 0.490 e. The molecule has 150 valence electrons. The lowest BCUT2D eigenvalue weighted by atomic mass is 10.0. The molecule has 2 aliphatic rings. The zero-order valence-corrected chi connectivity index (χ0v) is 16.1. The van der Waals surface area contributed by atoms with Gasteiger partial charge in [0.15, 0.2) is 0 Å². The van der Waals surface area contributed by atoms with Crippen molar-refractivity contribution in [2.24, 2.45) is 0 Å². The number of aliphatic hydroxyl groups is 1. The number of ether oxygens (including phenoxy) is 2. The molecule has 1 aromatic rings. The van der Waals surface area contributed by atoms with Gasteiger partial charge in [0.05, 0.1) is 6.54 Å². The van der Waals surface area contributed by atoms with Crippen LogP contribution in [0, 0.1) is 12.7 Å². The molecular formula is C20H29FN2O4. The molecule has 1 aromatic carbocycles. The van der Waals surface area contributed by atoms with Crippen molar-refractivity contribution < 1.29 is 23.8 Å². The molecule has 1 atom stereocenters. The lowest BCUT2D eigenvalue weighted by Crippen LogP contribution is -2.53. The number of halogens is 1. The van der Waals surface area contributed by atoms with Crippen LogP contribution in [0.25, 0.3) is 0 Å². The third-order valence-electron chi connectivity index (χ3n) is 5.43. The number of aryl methyl sites for hydroxylation is 1. The average molecular weight is 380 g/mol. The molecule has 6 nitrogen and oxygen atoms in total. The molecule has 0 aromatic heterocycles. The van der Waals surface area contributed by atoms with E-state index in [4.69, 9.17) is 9.47 Å². The third-order valence-corrected chi connectivity index (χ3v) is 5.43. The predicted octanol–water partition coefficient (Wildman–Crippen LogP) is 1.59. The molecule has 0 spiro atoms. The van der Waals surface area contributed by atoms with Crippen LogP contribution in [0.1, 0.15) is 25.3 Å². The monoisotopic (exact) mass is 380 g/mol. The second-order valence-electron chi connectivity index (χ2n) is 7.68. The van der Waals surface area contributed by atoms with E-state index in [-0.39, 0.29) is 24.9 Å². The minimum Gasteiger partial charge on any atom is -0.490 e. The number of β-amino-alcohol motifs (C(OH)–C–C–N with tert-alkyl or cyclic N) is 1. The van der Waals surface area contributed by atoms with Gasteiger partial charge in [-0.25, -0.2) is 4.39 Å². The van der Waals surface area contributed by atoms with Crippen molar-refractivity contribution in [1.82, 2.24) is 9.80 Å². The average Bonchev–Trinajstić information content (AvgIpc) is 2.83. The Labute approximate surface area is 159 Å². The molecule has 2 aliphatic heterocycles. The van der Waals surface area contributed by atoms with Crippen LogP contribution in [-0.2, 0) is 9.53 Å². The molecule has 0 saturated carbocycles. The van der Waals surface area contributed by atoms with Gasteiger partial charge in [0.25, 0.3) is 0 Å². The van der Waals surface area contributed by atoms with Crippen LogP contribution in [0.5, 0.6) is 5.75 Å². The number of carbonyl (C=O) groups excluding carboxylic acids is 1. The number of hydrogen-bond donors (Lipinski definition) is 1. The van der Waals surface area contributed by atoms with Crippen LogP contribution in [0.15, 0.2) is 18.2 Å². The minimum absolute atomic E-state index is 0.0432. The molecule has 27 heavy (non-hydrogen) atoms. The van der Waals surface area contributed by atoms with Crippen molar-refractivity contribution in [2.45, 2.75) is 38.3 Å². The van der Waals surface area contributed by atoms with E-state index in [1.165, 1.54) is 13.0 Å². The Kier molecular flexibility index (Phi) is 6.34. The van der Waals surface area contributed by atoms with Crippen LogP contribution in [0.2, 0.25) is 0 Å². The number of benzene rings is 1. The molecule has 0 unspecified atom stereocenters. The molecular weight excluding hydrogens is 351 g/mol. The zero-order chi connectivity index (χ0) is 19.4. The molecule has 0 aliphatic carbocycles. The summed E-state index contributed by atoms with van der Waals surface area (Å²) in [5.74, 6) is 0.169. The van der Waals surface area contributed by atoms with E-state index < -0.39 is 5.60 Å². The van der Waals surface area contributed by atoms with Gasteiger partial charge in [0.1, 0.15) is 23.8 Å². The van der Waals surface area contributed by atoms with Gasteiger partial charge in [0, 0.05) is 45.8 Å². The smallest absolute Gasteiger partial charge is 0.219 e. The van der Waals surface area contributed by atoms with Gasteiger partial charge in [-0.2, -0.15) is 0 Å². The van der Waals surface area contributed by atoms with Crippen LogP contribution in [0.4, 0.5) is 4.39 Å². The molecule has 2 saturated heterocycles. The number of carbonyl (C=O) groups is 1. The summed E-state index contributed by atoms with van der Waals surface area (Å²) in [6.07, 6.45) is 1.85. The van der Waals surface area contributed by atoms with Crippen LogP contribution >= 0.6 is 0 Å². The first-order valence-corrected chi connectivity index (χ1v) is 9.55. The van der Waals surface area contributed by atoms with Gasteiger partial charge in [-0.3, -0.25) is 9.69 Å². The lowest BCUT2D eigenvalue weighted by Gasteiger charge is -2.37. The minimum atomic E-state index is -1.19. The summed E-state index contributed by atoms with van der Waals surface area (Å²) in [6, 6.07) is 4.87. The molecule has 2 fully saturated rings. The molecule has 1 amide bonds. The van der Waals surface area contributed by atoms with Crippen molar-refractivity contribution in [3.8, 4) is 5.75 Å². The van der Waals surface area contributed by atoms with Crippen molar-refractivity contribution in [3.05, 3.63) is 29.6 Å². The highest BCUT2D eigenvalue weighted by molar-refractivity contribution is 5.73. The van der Waals surface area contributed by atoms with Crippen molar-refractivity contribution in [3.63, 3.8) is 0 Å². The van der Waals surface area contributed by atoms with E-state index in [0.29, 0.717) is 30.4 Å². The van der Waals surface area contributed by atoms with Crippen molar-refractivity contribution >= 4 is 5.91 Å². The van der Waals surface area contributed by atoms with Gasteiger partial charge in [0.2, 0.25) is 5.91 Å². The first-order valence-electron chi connectivity index (χ1n) is 9.55. The SMILES string of the molecule is CC(=O)N1CCN(C2CCOCC2)C[C@@](O)(COc2ccc(F)c(C)c2)C1. The van der Waals surface area contributed by atoms with Crippen molar-refractivity contribution in [1.29, 1.82) is 0 Å². The van der Waals surface area contributed by atoms with E-state index in [2.05, 4.69) is 4.90 Å². The van der Waals surface area contributed by atoms with Crippen LogP contribution in [0.3, 0.4) is 0 Å². The zero-order valence-electron chi connectivity index (χ0n) is 16.1. The quantitative estimate of drug-likeness (QED) is 0.860. The van der Waals surface area contributed by atoms with E-state index in [0.717, 1.165) is 32.6 Å². The standard InChI is InChI=1S/C20H29FN2O4/c1-15-11-18(3-4-19(15)21)27-14-20(25)12-22(16(2)24)7-8-23(13-20)17-5-9-26-10-6-17/h3-4,11,17,25H,5-10,12-14H2,1-2H3/t20-/m1/s1. The fourth-order valence-electron chi connectivity index (χ4n) is 3.84. The molecule has 1 N–H and O–H groups in total. The summed E-state index contributed by atoms with van der Waals surface area (Å²) in [5, 5.41) is 11.3. The Morgan fingerprint density at radius 2 is 2.07 bits per heavy atom. The highest BCUT2D eigenvalue weighted by atomic mass is 19.1. The normalized spacial score (nSPS) is 25.3. The second kappa shape index (κ2) is 8.54. The Bertz CT molecular complexity index is 665. The van der Waals surface area contributed by atoms with E-state index in [1.54, 1.807) is 24.0 Å². The van der Waals surface area contributed by atoms with Gasteiger partial charge in [-0.15, -0.1) is 0 Å². The number of nitrogens with zero attached hydrogens (tertiary/aromatic N) is 2. The lowest BCUT2D eigenvalue weighted by molar-refractivity contribution is -0.132. The van der Waals surface area contributed by atoms with Crippen LogP contribution < -0.4 is 4.74 Å². The Morgan fingerprint density at radius 3 is 2.74 bits per heavy atom. The maximum atomic E-state index is 13.5. The van der Waals surface area contributed by atoms with Gasteiger partial charge < -0.3 is 19.5 Å². The second-order valence-corrected chi connectivity index (χ2v) is 7.68. The Hall–Kier alpha value is -1.70. The molecule has 0 bridgehead atoms. The maximum absolute atomic E-state index is 13.5. The topological polar surface area (TPSA) is 62.2 Å². The summed E-state index contributed by atoms with van der Waals surface area (Å²) in [6.45, 7) is 6.66. The van der Waals surface area contributed by atoms with Gasteiger partial charge in [-0.05, 0) is 43.5 Å². The predicted molar refractivity (Wildman–Crippen MR) is 99.2 cm³/mol. The fourth-order valence-corrected chi connectivity index (χ4v) is 3.84. The molecule has 7 heteroatoms. The molecule has 3 rings (SSSR count). The van der Waals surface area contributed by atoms with Gasteiger partial charge >= 0.3 is 0 Å². The van der Waals surface area contributed by atoms with Crippen molar-refractivity contribution in [2.75, 3.05) is 46.0 Å². The van der Waals surface area contributed by atoms with Crippen LogP contribution in [-0.4, -0.2) is 78.5 Å². The molecule has 0 radical (unpaired) electrons. The summed E-state index contributed by atoms with van der Waals surface area (Å²) in [5.41, 5.74) is -0.697. The summed E-state index contributed by atoms with van der Waals surface area (Å²) >= 11 is 0. The molecule has 2 heterocycles. The number of hydrogen-bond acceptors (Lipinski definition) is 5. The van der Waals surface area contributed by atoms with Gasteiger partial charge in [-0.1, -0.05) is 0 Å². The third kappa shape index (κ3) is 5.18. The number of amides is 1. The highest BCUT2D eigenvalue weighted by Crippen LogP contribution is 2.23. The summed E-state index contributed by atoms with van der Waals surface area (Å²) in [7, 11) is 0. The summed E-state index contributed by atoms with van der Waals surface area (Å²) in [4.78, 5) is 15.9. The van der Waals surface area contributed by atoms with E-state index in [1.807, 2.05) is 0 Å². The highest BCUT2D eigenvalue weighted by Gasteiger charge is 2.39. The first kappa shape index (κ1) is 20.0. The number of rotatable bonds is 4. The Balaban J connectivity index is 1.72. The Morgan fingerprint density at radius 1 is 1.33 bits per heavy atom. The fraction of sp³-hybridized carbons (Fsp3) is 0.650. The van der Waals surface area contributed by atoms with E-state index in [9.17, 15) is 14.3 Å². The summed E-state index contributed by atoms with van der Waals surface area (Å²) < 4.78 is 24.7. The first-order chi connectivity index (χ1) is 12.9.